The van der Waals surface area contributed by atoms with Crippen molar-refractivity contribution in [2.45, 2.75) is 12.8 Å². The molecule has 0 aromatic heterocycles. The Bertz CT molecular complexity index is 726. The first-order valence-corrected chi connectivity index (χ1v) is 6.47. The fourth-order valence-electron chi connectivity index (χ4n) is 2.36. The number of hydrogen-bond donors (Lipinski definition) is 1. The van der Waals surface area contributed by atoms with Gasteiger partial charge in [-0.1, -0.05) is 30.3 Å². The number of rotatable bonds is 3. The Labute approximate surface area is 127 Å². The highest BCUT2D eigenvalue weighted by Gasteiger charge is 2.38. The first kappa shape index (κ1) is 15.3. The van der Waals surface area contributed by atoms with E-state index in [0.29, 0.717) is 5.56 Å². The van der Waals surface area contributed by atoms with Gasteiger partial charge in [-0.05, 0) is 12.5 Å². The van der Waals surface area contributed by atoms with Crippen LogP contribution in [-0.2, 0) is 19.1 Å². The van der Waals surface area contributed by atoms with E-state index in [1.807, 2.05) is 6.07 Å². The standard InChI is InChI=1S/C16H14N2O4/c1-9-12(14(19)16(20)21-2)13(10-6-4-3-5-7-10)11(8-17)15(18)22-9/h3-7,13H,18H2,1-2H3/t13-/m0/s1. The van der Waals surface area contributed by atoms with Crippen molar-refractivity contribution in [1.82, 2.24) is 0 Å². The van der Waals surface area contributed by atoms with E-state index in [4.69, 9.17) is 10.5 Å². The molecule has 2 rings (SSSR count). The first-order chi connectivity index (χ1) is 10.5. The van der Waals surface area contributed by atoms with E-state index >= 15 is 0 Å². The Hall–Kier alpha value is -3.07. The maximum Gasteiger partial charge on any atom is 0.379 e. The smallest absolute Gasteiger partial charge is 0.379 e. The SMILES string of the molecule is COC(=O)C(=O)C1=C(C)OC(N)=C(C#N)[C@@H]1c1ccccc1. The molecule has 1 aromatic rings. The van der Waals surface area contributed by atoms with Crippen LogP contribution in [0.3, 0.4) is 0 Å². The lowest BCUT2D eigenvalue weighted by Crippen LogP contribution is -2.28. The van der Waals surface area contributed by atoms with Gasteiger partial charge in [-0.2, -0.15) is 5.26 Å². The summed E-state index contributed by atoms with van der Waals surface area (Å²) in [6, 6.07) is 10.8. The van der Waals surface area contributed by atoms with Crippen LogP contribution in [0.25, 0.3) is 0 Å². The largest absolute Gasteiger partial charge is 0.463 e. The average Bonchev–Trinajstić information content (AvgIpc) is 2.53. The molecule has 0 unspecified atom stereocenters. The minimum absolute atomic E-state index is 0.0591. The van der Waals surface area contributed by atoms with Crippen molar-refractivity contribution >= 4 is 11.8 Å². The number of carbonyl (C=O) groups is 2. The third-order valence-electron chi connectivity index (χ3n) is 3.35. The number of carbonyl (C=O) groups excluding carboxylic acids is 2. The van der Waals surface area contributed by atoms with E-state index in [2.05, 4.69) is 4.74 Å². The van der Waals surface area contributed by atoms with Crippen molar-refractivity contribution in [2.75, 3.05) is 7.11 Å². The third kappa shape index (κ3) is 2.56. The molecule has 0 amide bonds. The second-order valence-corrected chi connectivity index (χ2v) is 4.63. The Kier molecular flexibility index (Phi) is 4.28. The zero-order valence-electron chi connectivity index (χ0n) is 12.1. The number of nitrogens with two attached hydrogens (primary N) is 1. The highest BCUT2D eigenvalue weighted by molar-refractivity contribution is 6.41. The van der Waals surface area contributed by atoms with Crippen LogP contribution in [0.15, 0.2) is 53.1 Å². The molecule has 0 bridgehead atoms. The number of Topliss-reactive ketones (excluding diaryl/α,β-unsaturated/α-hetero) is 1. The maximum atomic E-state index is 12.3. The Morgan fingerprint density at radius 3 is 2.50 bits per heavy atom. The average molecular weight is 298 g/mol. The molecule has 0 saturated heterocycles. The normalized spacial score (nSPS) is 17.6. The van der Waals surface area contributed by atoms with Crippen molar-refractivity contribution in [3.05, 3.63) is 58.7 Å². The molecule has 0 aliphatic carbocycles. The van der Waals surface area contributed by atoms with Gasteiger partial charge in [0.2, 0.25) is 5.88 Å². The highest BCUT2D eigenvalue weighted by Crippen LogP contribution is 2.39. The summed E-state index contributed by atoms with van der Waals surface area (Å²) in [7, 11) is 1.12. The molecule has 6 heteroatoms. The van der Waals surface area contributed by atoms with Gasteiger partial charge in [-0.15, -0.1) is 0 Å². The number of methoxy groups -OCH3 is 1. The minimum Gasteiger partial charge on any atom is -0.463 e. The van der Waals surface area contributed by atoms with Crippen LogP contribution in [0.5, 0.6) is 0 Å². The van der Waals surface area contributed by atoms with E-state index in [1.54, 1.807) is 30.3 Å². The summed E-state index contributed by atoms with van der Waals surface area (Å²) in [4.78, 5) is 23.9. The lowest BCUT2D eigenvalue weighted by Gasteiger charge is -2.26. The van der Waals surface area contributed by atoms with Crippen LogP contribution >= 0.6 is 0 Å². The fraction of sp³-hybridized carbons (Fsp3) is 0.188. The summed E-state index contributed by atoms with van der Waals surface area (Å²) in [6.45, 7) is 1.52. The van der Waals surface area contributed by atoms with Crippen molar-refractivity contribution in [2.24, 2.45) is 5.73 Å². The molecule has 1 aliphatic rings. The van der Waals surface area contributed by atoms with Crippen LogP contribution in [0.1, 0.15) is 18.4 Å². The molecule has 6 nitrogen and oxygen atoms in total. The van der Waals surface area contributed by atoms with Crippen LogP contribution in [0.4, 0.5) is 0 Å². The number of nitriles is 1. The zero-order valence-corrected chi connectivity index (χ0v) is 12.1. The van der Waals surface area contributed by atoms with Crippen molar-refractivity contribution < 1.29 is 19.1 Å². The number of nitrogens with zero attached hydrogens (tertiary/aromatic N) is 1. The molecule has 2 N–H and O–H groups in total. The number of ketones is 1. The molecule has 1 atom stereocenters. The minimum atomic E-state index is -1.02. The predicted molar refractivity (Wildman–Crippen MR) is 76.8 cm³/mol. The van der Waals surface area contributed by atoms with E-state index < -0.39 is 17.7 Å². The summed E-state index contributed by atoms with van der Waals surface area (Å²) in [5.41, 5.74) is 6.56. The quantitative estimate of drug-likeness (QED) is 0.670. The molecular formula is C16H14N2O4. The molecule has 112 valence electrons. The second kappa shape index (κ2) is 6.14. The summed E-state index contributed by atoms with van der Waals surface area (Å²) < 4.78 is 9.74. The van der Waals surface area contributed by atoms with Crippen molar-refractivity contribution in [3.8, 4) is 6.07 Å². The van der Waals surface area contributed by atoms with Crippen LogP contribution < -0.4 is 5.73 Å². The molecule has 0 saturated carbocycles. The molecule has 22 heavy (non-hydrogen) atoms. The van der Waals surface area contributed by atoms with Crippen LogP contribution in [0.2, 0.25) is 0 Å². The zero-order chi connectivity index (χ0) is 16.3. The van der Waals surface area contributed by atoms with E-state index in [-0.39, 0.29) is 22.8 Å². The summed E-state index contributed by atoms with van der Waals surface area (Å²) in [6.07, 6.45) is 0. The number of hydrogen-bond acceptors (Lipinski definition) is 6. The van der Waals surface area contributed by atoms with Crippen molar-refractivity contribution in [1.29, 1.82) is 5.26 Å². The second-order valence-electron chi connectivity index (χ2n) is 4.63. The van der Waals surface area contributed by atoms with Gasteiger partial charge in [-0.25, -0.2) is 4.79 Å². The van der Waals surface area contributed by atoms with Gasteiger partial charge < -0.3 is 15.2 Å². The Morgan fingerprint density at radius 1 is 1.32 bits per heavy atom. The predicted octanol–water partition coefficient (Wildman–Crippen LogP) is 1.51. The van der Waals surface area contributed by atoms with E-state index in [1.165, 1.54) is 6.92 Å². The van der Waals surface area contributed by atoms with Crippen LogP contribution in [-0.4, -0.2) is 18.9 Å². The number of allylic oxidation sites excluding steroid dienone is 2. The number of esters is 1. The molecule has 0 spiro atoms. The summed E-state index contributed by atoms with van der Waals surface area (Å²) >= 11 is 0. The molecule has 0 fully saturated rings. The summed E-state index contributed by atoms with van der Waals surface area (Å²) in [5.74, 6) is -2.52. The van der Waals surface area contributed by atoms with Crippen molar-refractivity contribution in [3.63, 3.8) is 0 Å². The summed E-state index contributed by atoms with van der Waals surface area (Å²) in [5, 5.41) is 9.36. The molecule has 1 aromatic carbocycles. The van der Waals surface area contributed by atoms with Gasteiger partial charge in [0.25, 0.3) is 5.78 Å². The maximum absolute atomic E-state index is 12.3. The van der Waals surface area contributed by atoms with Gasteiger partial charge in [0, 0.05) is 0 Å². The highest BCUT2D eigenvalue weighted by atomic mass is 16.5. The lowest BCUT2D eigenvalue weighted by molar-refractivity contribution is -0.150. The van der Waals surface area contributed by atoms with E-state index in [0.717, 1.165) is 7.11 Å². The molecule has 1 aliphatic heterocycles. The Morgan fingerprint density at radius 2 is 1.95 bits per heavy atom. The van der Waals surface area contributed by atoms with Gasteiger partial charge in [-0.3, -0.25) is 4.79 Å². The van der Waals surface area contributed by atoms with E-state index in [9.17, 15) is 14.9 Å². The monoisotopic (exact) mass is 298 g/mol. The first-order valence-electron chi connectivity index (χ1n) is 6.47. The van der Waals surface area contributed by atoms with Gasteiger partial charge >= 0.3 is 5.97 Å². The van der Waals surface area contributed by atoms with Gasteiger partial charge in [0.1, 0.15) is 17.4 Å². The third-order valence-corrected chi connectivity index (χ3v) is 3.35. The number of ether oxygens (including phenoxy) is 2. The number of benzene rings is 1. The van der Waals surface area contributed by atoms with Crippen LogP contribution in [0, 0.1) is 11.3 Å². The fourth-order valence-corrected chi connectivity index (χ4v) is 2.36. The molecular weight excluding hydrogens is 284 g/mol. The topological polar surface area (TPSA) is 102 Å². The lowest BCUT2D eigenvalue weighted by atomic mass is 9.81. The van der Waals surface area contributed by atoms with Gasteiger partial charge in [0.15, 0.2) is 0 Å². The molecule has 1 heterocycles. The molecule has 0 radical (unpaired) electrons. The Balaban J connectivity index is 2.63. The van der Waals surface area contributed by atoms with Gasteiger partial charge in [0.05, 0.1) is 18.6 Å².